The van der Waals surface area contributed by atoms with Gasteiger partial charge in [-0.15, -0.1) is 0 Å². The van der Waals surface area contributed by atoms with E-state index in [1.54, 1.807) is 0 Å². The Morgan fingerprint density at radius 3 is 1.35 bits per heavy atom. The molecule has 1 aliphatic rings. The summed E-state index contributed by atoms with van der Waals surface area (Å²) in [6.45, 7) is 0. The smallest absolute Gasteiger partial charge is 0.129 e. The van der Waals surface area contributed by atoms with Gasteiger partial charge in [0.2, 0.25) is 0 Å². The summed E-state index contributed by atoms with van der Waals surface area (Å²) in [5, 5.41) is 0. The van der Waals surface area contributed by atoms with Crippen LogP contribution in [-0.4, -0.2) is 0 Å². The minimum Gasteiger partial charge on any atom is -0.457 e. The van der Waals surface area contributed by atoms with Gasteiger partial charge in [-0.3, -0.25) is 0 Å². The van der Waals surface area contributed by atoms with Gasteiger partial charge in [0.25, 0.3) is 0 Å². The number of nitrogen functional groups attached to an aromatic ring is 2. The fourth-order valence-electron chi connectivity index (χ4n) is 5.01. The fourth-order valence-corrected chi connectivity index (χ4v) is 5.01. The minimum atomic E-state index is 0.00363. The van der Waals surface area contributed by atoms with Crippen molar-refractivity contribution < 1.29 is 9.47 Å². The van der Waals surface area contributed by atoms with Crippen LogP contribution in [0.1, 0.15) is 43.2 Å². The maximum atomic E-state index is 6.02. The molecule has 1 aliphatic carbocycles. The summed E-state index contributed by atoms with van der Waals surface area (Å²) in [6.07, 6.45) is 6.01. The summed E-state index contributed by atoms with van der Waals surface area (Å²) in [5.41, 5.74) is 15.8. The molecule has 4 heteroatoms. The van der Waals surface area contributed by atoms with Crippen molar-refractivity contribution in [3.63, 3.8) is 0 Å². The Labute approximate surface area is 201 Å². The molecule has 0 atom stereocenters. The summed E-state index contributed by atoms with van der Waals surface area (Å²) in [4.78, 5) is 0. The molecule has 4 nitrogen and oxygen atoms in total. The predicted octanol–water partition coefficient (Wildman–Crippen LogP) is 7.69. The molecule has 34 heavy (non-hydrogen) atoms. The summed E-state index contributed by atoms with van der Waals surface area (Å²) in [7, 11) is 0. The lowest BCUT2D eigenvalue weighted by molar-refractivity contribution is 0.345. The normalized spacial score (nSPS) is 14.9. The Kier molecular flexibility index (Phi) is 6.13. The first kappa shape index (κ1) is 21.9. The minimum absolute atomic E-state index is 0.00363. The summed E-state index contributed by atoms with van der Waals surface area (Å²) in [5.74, 6) is 3.11. The van der Waals surface area contributed by atoms with Crippen LogP contribution in [0.2, 0.25) is 0 Å². The first-order valence-corrected chi connectivity index (χ1v) is 11.9. The molecule has 4 aromatic carbocycles. The number of hydrogen-bond donors (Lipinski definition) is 2. The Bertz CT molecular complexity index is 1150. The van der Waals surface area contributed by atoms with Crippen LogP contribution in [0.4, 0.5) is 11.4 Å². The highest BCUT2D eigenvalue weighted by Gasteiger charge is 2.35. The lowest BCUT2D eigenvalue weighted by Gasteiger charge is -2.38. The molecule has 0 bridgehead atoms. The van der Waals surface area contributed by atoms with Crippen LogP contribution >= 0.6 is 0 Å². The van der Waals surface area contributed by atoms with Crippen LogP contribution in [0.25, 0.3) is 0 Å². The van der Waals surface area contributed by atoms with Gasteiger partial charge in [-0.25, -0.2) is 0 Å². The average molecular weight is 451 g/mol. The van der Waals surface area contributed by atoms with Crippen LogP contribution in [0, 0.1) is 0 Å². The van der Waals surface area contributed by atoms with Crippen molar-refractivity contribution in [2.75, 3.05) is 11.5 Å². The zero-order chi connectivity index (χ0) is 23.4. The SMILES string of the molecule is Nc1cccc(Oc2ccc(C3(c4ccc(Oc5cccc(N)c5)cc4)CCCCC3)cc2)c1. The third-order valence-corrected chi connectivity index (χ3v) is 6.71. The standard InChI is InChI=1S/C30H30N2O2/c31-24-6-4-8-28(20-24)33-26-14-10-22(11-15-26)30(18-2-1-3-19-30)23-12-16-27(17-13-23)34-29-9-5-7-25(32)21-29/h4-17,20-21H,1-3,18-19,31-32H2. The van der Waals surface area contributed by atoms with Crippen LogP contribution in [0.15, 0.2) is 97.1 Å². The van der Waals surface area contributed by atoms with E-state index < -0.39 is 0 Å². The zero-order valence-corrected chi connectivity index (χ0v) is 19.2. The van der Waals surface area contributed by atoms with Crippen LogP contribution in [-0.2, 0) is 5.41 Å². The van der Waals surface area contributed by atoms with E-state index in [1.807, 2.05) is 48.5 Å². The van der Waals surface area contributed by atoms with Gasteiger partial charge in [-0.05, 0) is 72.5 Å². The first-order valence-electron chi connectivity index (χ1n) is 11.9. The molecule has 0 aromatic heterocycles. The van der Waals surface area contributed by atoms with E-state index in [4.69, 9.17) is 20.9 Å². The summed E-state index contributed by atoms with van der Waals surface area (Å²) < 4.78 is 12.0. The number of anilines is 2. The fraction of sp³-hybridized carbons (Fsp3) is 0.200. The van der Waals surface area contributed by atoms with Crippen molar-refractivity contribution in [1.82, 2.24) is 0 Å². The molecule has 0 saturated heterocycles. The molecule has 4 N–H and O–H groups in total. The van der Waals surface area contributed by atoms with E-state index in [9.17, 15) is 0 Å². The maximum absolute atomic E-state index is 6.02. The predicted molar refractivity (Wildman–Crippen MR) is 139 cm³/mol. The number of rotatable bonds is 6. The first-order chi connectivity index (χ1) is 16.6. The van der Waals surface area contributed by atoms with Crippen molar-refractivity contribution in [1.29, 1.82) is 0 Å². The molecular weight excluding hydrogens is 420 g/mol. The molecule has 0 heterocycles. The second-order valence-electron chi connectivity index (χ2n) is 9.04. The zero-order valence-electron chi connectivity index (χ0n) is 19.2. The van der Waals surface area contributed by atoms with E-state index in [2.05, 4.69) is 48.5 Å². The number of nitrogens with two attached hydrogens (primary N) is 2. The van der Waals surface area contributed by atoms with Gasteiger partial charge in [0.05, 0.1) is 0 Å². The van der Waals surface area contributed by atoms with Crippen molar-refractivity contribution >= 4 is 11.4 Å². The molecule has 1 fully saturated rings. The van der Waals surface area contributed by atoms with Gasteiger partial charge < -0.3 is 20.9 Å². The highest BCUT2D eigenvalue weighted by Crippen LogP contribution is 2.46. The van der Waals surface area contributed by atoms with Crippen LogP contribution in [0.5, 0.6) is 23.0 Å². The van der Waals surface area contributed by atoms with E-state index in [-0.39, 0.29) is 5.41 Å². The van der Waals surface area contributed by atoms with E-state index >= 15 is 0 Å². The lowest BCUT2D eigenvalue weighted by atomic mass is 9.65. The third kappa shape index (κ3) is 4.72. The molecule has 5 rings (SSSR count). The Hall–Kier alpha value is -3.92. The van der Waals surface area contributed by atoms with Gasteiger partial charge >= 0.3 is 0 Å². The third-order valence-electron chi connectivity index (χ3n) is 6.71. The average Bonchev–Trinajstić information content (AvgIpc) is 2.85. The highest BCUT2D eigenvalue weighted by molar-refractivity contribution is 5.48. The van der Waals surface area contributed by atoms with Crippen molar-refractivity contribution in [2.24, 2.45) is 0 Å². The number of ether oxygens (including phenoxy) is 2. The van der Waals surface area contributed by atoms with Gasteiger partial charge in [-0.2, -0.15) is 0 Å². The molecule has 0 radical (unpaired) electrons. The van der Waals surface area contributed by atoms with E-state index in [1.165, 1.54) is 30.4 Å². The molecule has 0 aliphatic heterocycles. The maximum Gasteiger partial charge on any atom is 0.129 e. The van der Waals surface area contributed by atoms with E-state index in [0.717, 1.165) is 35.8 Å². The highest BCUT2D eigenvalue weighted by atomic mass is 16.5. The largest absolute Gasteiger partial charge is 0.457 e. The summed E-state index contributed by atoms with van der Waals surface area (Å²) in [6, 6.07) is 32.1. The van der Waals surface area contributed by atoms with Crippen LogP contribution in [0.3, 0.4) is 0 Å². The van der Waals surface area contributed by atoms with Gasteiger partial charge in [0.15, 0.2) is 0 Å². The number of hydrogen-bond acceptors (Lipinski definition) is 4. The van der Waals surface area contributed by atoms with Crippen molar-refractivity contribution in [3.05, 3.63) is 108 Å². The Morgan fingerprint density at radius 1 is 0.500 bits per heavy atom. The Balaban J connectivity index is 1.39. The molecule has 0 amide bonds. The molecule has 0 unspecified atom stereocenters. The molecule has 4 aromatic rings. The quantitative estimate of drug-likeness (QED) is 0.295. The topological polar surface area (TPSA) is 70.5 Å². The molecule has 1 saturated carbocycles. The van der Waals surface area contributed by atoms with Gasteiger partial charge in [0.1, 0.15) is 23.0 Å². The number of benzene rings is 4. The summed E-state index contributed by atoms with van der Waals surface area (Å²) >= 11 is 0. The monoisotopic (exact) mass is 450 g/mol. The molecule has 172 valence electrons. The second kappa shape index (κ2) is 9.52. The van der Waals surface area contributed by atoms with E-state index in [0.29, 0.717) is 11.4 Å². The van der Waals surface area contributed by atoms with Crippen LogP contribution < -0.4 is 20.9 Å². The Morgan fingerprint density at radius 2 is 0.941 bits per heavy atom. The van der Waals surface area contributed by atoms with Gasteiger partial charge in [0, 0.05) is 28.9 Å². The van der Waals surface area contributed by atoms with Crippen molar-refractivity contribution in [2.45, 2.75) is 37.5 Å². The van der Waals surface area contributed by atoms with Gasteiger partial charge in [-0.1, -0.05) is 55.7 Å². The van der Waals surface area contributed by atoms with Crippen molar-refractivity contribution in [3.8, 4) is 23.0 Å². The molecular formula is C30H30N2O2. The molecule has 0 spiro atoms. The second-order valence-corrected chi connectivity index (χ2v) is 9.04. The lowest BCUT2D eigenvalue weighted by Crippen LogP contribution is -2.30.